The summed E-state index contributed by atoms with van der Waals surface area (Å²) in [6.45, 7) is 1.13. The van der Waals surface area contributed by atoms with Crippen LogP contribution in [-0.2, 0) is 10.6 Å². The summed E-state index contributed by atoms with van der Waals surface area (Å²) < 4.78 is 18.8. The minimum atomic E-state index is -2.18. The third-order valence-corrected chi connectivity index (χ3v) is 2.22. The summed E-state index contributed by atoms with van der Waals surface area (Å²) in [6.07, 6.45) is 1.18. The van der Waals surface area contributed by atoms with Crippen LogP contribution in [0, 0.1) is 0 Å². The number of aliphatic imine (C=N–C) groups is 1. The molecule has 5 heteroatoms. The molecule has 0 spiro atoms. The van der Waals surface area contributed by atoms with E-state index in [2.05, 4.69) is 4.99 Å². The number of rotatable bonds is 3. The molecule has 0 aliphatic heterocycles. The van der Waals surface area contributed by atoms with Crippen LogP contribution in [0.3, 0.4) is 0 Å². The Morgan fingerprint density at radius 3 is 2.80 bits per heavy atom. The van der Waals surface area contributed by atoms with Gasteiger partial charge in [0.15, 0.2) is 0 Å². The predicted octanol–water partition coefficient (Wildman–Crippen LogP) is 2.83. The summed E-state index contributed by atoms with van der Waals surface area (Å²) in [6, 6.07) is 4.56. The lowest BCUT2D eigenvalue weighted by Gasteiger charge is -2.17. The Kier molecular flexibility index (Phi) is 3.45. The van der Waals surface area contributed by atoms with Crippen molar-refractivity contribution in [2.75, 3.05) is 7.11 Å². The zero-order valence-corrected chi connectivity index (χ0v) is 9.01. The number of hydrogen-bond acceptors (Lipinski definition) is 3. The Balaban J connectivity index is 3.36. The highest BCUT2D eigenvalue weighted by Crippen LogP contribution is 2.38. The molecule has 0 aliphatic carbocycles. The van der Waals surface area contributed by atoms with Gasteiger partial charge in [0, 0.05) is 0 Å². The highest BCUT2D eigenvalue weighted by molar-refractivity contribution is 6.32. The normalized spacial score (nSPS) is 13.9. The van der Waals surface area contributed by atoms with Crippen LogP contribution in [0.2, 0.25) is 5.02 Å². The first kappa shape index (κ1) is 11.7. The fourth-order valence-electron chi connectivity index (χ4n) is 1.22. The van der Waals surface area contributed by atoms with Gasteiger partial charge in [0.05, 0.1) is 17.7 Å². The molecule has 0 aliphatic rings. The molecule has 0 fully saturated rings. The van der Waals surface area contributed by atoms with Gasteiger partial charge in [-0.15, -0.1) is 0 Å². The largest absolute Gasteiger partial charge is 0.495 e. The first-order valence-corrected chi connectivity index (χ1v) is 4.51. The summed E-state index contributed by atoms with van der Waals surface area (Å²) in [5.74, 6) is -2.01. The van der Waals surface area contributed by atoms with Crippen molar-refractivity contribution in [1.29, 1.82) is 0 Å². The second kappa shape index (κ2) is 4.43. The van der Waals surface area contributed by atoms with Crippen molar-refractivity contribution in [3.8, 4) is 5.75 Å². The van der Waals surface area contributed by atoms with E-state index in [-0.39, 0.29) is 16.3 Å². The molecule has 3 nitrogen and oxygen atoms in total. The van der Waals surface area contributed by atoms with E-state index in [0.717, 1.165) is 6.92 Å². The number of carbonyl (C=O) groups excluding carboxylic acids is 1. The molecule has 1 rings (SSSR count). The summed E-state index contributed by atoms with van der Waals surface area (Å²) in [4.78, 5) is 13.1. The Labute approximate surface area is 91.5 Å². The van der Waals surface area contributed by atoms with Gasteiger partial charge in [-0.05, 0) is 19.1 Å². The van der Waals surface area contributed by atoms with E-state index in [1.165, 1.54) is 19.3 Å². The minimum absolute atomic E-state index is 0.0980. The van der Waals surface area contributed by atoms with Gasteiger partial charge in [-0.3, -0.25) is 0 Å². The molecule has 1 unspecified atom stereocenters. The molecule has 80 valence electrons. The molecule has 1 aromatic rings. The molecule has 1 aromatic carbocycles. The van der Waals surface area contributed by atoms with Crippen LogP contribution < -0.4 is 4.74 Å². The van der Waals surface area contributed by atoms with Crippen LogP contribution >= 0.6 is 11.6 Å². The number of para-hydroxylation sites is 1. The predicted molar refractivity (Wildman–Crippen MR) is 54.6 cm³/mol. The lowest BCUT2D eigenvalue weighted by molar-refractivity contribution is 0.199. The maximum Gasteiger partial charge on any atom is 0.238 e. The van der Waals surface area contributed by atoms with E-state index < -0.39 is 5.79 Å². The van der Waals surface area contributed by atoms with E-state index in [9.17, 15) is 9.18 Å². The third-order valence-electron chi connectivity index (χ3n) is 1.92. The van der Waals surface area contributed by atoms with Gasteiger partial charge < -0.3 is 4.74 Å². The molecule has 0 bridgehead atoms. The summed E-state index contributed by atoms with van der Waals surface area (Å²) >= 11 is 5.80. The van der Waals surface area contributed by atoms with Crippen LogP contribution in [0.4, 0.5) is 4.39 Å². The van der Waals surface area contributed by atoms with Crippen LogP contribution in [0.25, 0.3) is 0 Å². The molecule has 0 N–H and O–H groups in total. The highest BCUT2D eigenvalue weighted by Gasteiger charge is 2.29. The fraction of sp³-hybridized carbons (Fsp3) is 0.300. The van der Waals surface area contributed by atoms with Gasteiger partial charge in [-0.1, -0.05) is 17.7 Å². The molecule has 0 saturated heterocycles. The van der Waals surface area contributed by atoms with E-state index in [0.29, 0.717) is 0 Å². The summed E-state index contributed by atoms with van der Waals surface area (Å²) in [5, 5.41) is 0.264. The molecule has 15 heavy (non-hydrogen) atoms. The Bertz CT molecular complexity index is 414. The maximum atomic E-state index is 13.9. The third kappa shape index (κ3) is 2.35. The quantitative estimate of drug-likeness (QED) is 0.454. The Hall–Kier alpha value is -1.38. The topological polar surface area (TPSA) is 38.7 Å². The Morgan fingerprint density at radius 1 is 1.60 bits per heavy atom. The molecular weight excluding hydrogens is 221 g/mol. The van der Waals surface area contributed by atoms with Crippen LogP contribution in [0.5, 0.6) is 5.75 Å². The van der Waals surface area contributed by atoms with Gasteiger partial charge in [-0.25, -0.2) is 9.18 Å². The van der Waals surface area contributed by atoms with Crippen molar-refractivity contribution in [2.24, 2.45) is 4.99 Å². The average Bonchev–Trinajstić information content (AvgIpc) is 2.17. The van der Waals surface area contributed by atoms with E-state index >= 15 is 0 Å². The molecular formula is C10H9ClFNO2. The molecule has 0 aromatic heterocycles. The Morgan fingerprint density at radius 2 is 2.27 bits per heavy atom. The van der Waals surface area contributed by atoms with Gasteiger partial charge in [0.1, 0.15) is 5.75 Å². The number of alkyl halides is 1. The first-order valence-electron chi connectivity index (χ1n) is 4.14. The number of halogens is 2. The van der Waals surface area contributed by atoms with Crippen molar-refractivity contribution >= 4 is 17.7 Å². The SMILES string of the molecule is COc1c(Cl)cccc1C(C)(F)N=C=O. The van der Waals surface area contributed by atoms with Crippen molar-refractivity contribution in [1.82, 2.24) is 0 Å². The van der Waals surface area contributed by atoms with Gasteiger partial charge in [0.2, 0.25) is 11.9 Å². The van der Waals surface area contributed by atoms with Crippen molar-refractivity contribution in [3.05, 3.63) is 28.8 Å². The first-order chi connectivity index (χ1) is 7.03. The van der Waals surface area contributed by atoms with Crippen LogP contribution in [0.1, 0.15) is 12.5 Å². The maximum absolute atomic E-state index is 13.9. The highest BCUT2D eigenvalue weighted by atomic mass is 35.5. The minimum Gasteiger partial charge on any atom is -0.495 e. The zero-order valence-electron chi connectivity index (χ0n) is 8.25. The van der Waals surface area contributed by atoms with Crippen LogP contribution in [-0.4, -0.2) is 13.2 Å². The lowest BCUT2D eigenvalue weighted by atomic mass is 10.1. The van der Waals surface area contributed by atoms with Gasteiger partial charge in [-0.2, -0.15) is 4.99 Å². The van der Waals surface area contributed by atoms with Crippen molar-refractivity contribution in [3.63, 3.8) is 0 Å². The lowest BCUT2D eigenvalue weighted by Crippen LogP contribution is -2.13. The van der Waals surface area contributed by atoms with Crippen LogP contribution in [0.15, 0.2) is 23.2 Å². The average molecular weight is 230 g/mol. The van der Waals surface area contributed by atoms with Crippen molar-refractivity contribution in [2.45, 2.75) is 12.7 Å². The second-order valence-corrected chi connectivity index (χ2v) is 3.38. The number of benzene rings is 1. The summed E-state index contributed by atoms with van der Waals surface area (Å²) in [7, 11) is 1.37. The monoisotopic (exact) mass is 229 g/mol. The van der Waals surface area contributed by atoms with E-state index in [1.54, 1.807) is 12.1 Å². The zero-order chi connectivity index (χ0) is 11.5. The number of hydrogen-bond donors (Lipinski definition) is 0. The molecule has 1 atom stereocenters. The molecule has 0 radical (unpaired) electrons. The smallest absolute Gasteiger partial charge is 0.238 e. The number of methoxy groups -OCH3 is 1. The fourth-order valence-corrected chi connectivity index (χ4v) is 1.47. The van der Waals surface area contributed by atoms with Gasteiger partial charge >= 0.3 is 0 Å². The molecule has 0 saturated carbocycles. The van der Waals surface area contributed by atoms with Crippen molar-refractivity contribution < 1.29 is 13.9 Å². The number of ether oxygens (including phenoxy) is 1. The number of nitrogens with zero attached hydrogens (tertiary/aromatic N) is 1. The molecule has 0 heterocycles. The standard InChI is InChI=1S/C10H9ClFNO2/c1-10(12,13-6-14)7-4-3-5-8(11)9(7)15-2/h3-5H,1-2H3. The van der Waals surface area contributed by atoms with E-state index in [4.69, 9.17) is 16.3 Å². The van der Waals surface area contributed by atoms with E-state index in [1.807, 2.05) is 0 Å². The number of isocyanates is 1. The summed E-state index contributed by atoms with van der Waals surface area (Å²) in [5.41, 5.74) is 0.0980. The second-order valence-electron chi connectivity index (χ2n) is 2.98. The van der Waals surface area contributed by atoms with Gasteiger partial charge in [0.25, 0.3) is 0 Å². The molecule has 0 amide bonds.